The molecule has 126 valence electrons. The number of amides is 1. The Morgan fingerprint density at radius 3 is 2.35 bits per heavy atom. The van der Waals surface area contributed by atoms with Crippen molar-refractivity contribution in [2.45, 2.75) is 52.0 Å². The van der Waals surface area contributed by atoms with Gasteiger partial charge in [-0.1, -0.05) is 6.92 Å². The van der Waals surface area contributed by atoms with E-state index in [1.54, 1.807) is 0 Å². The highest BCUT2D eigenvalue weighted by atomic mass is 32.1. The summed E-state index contributed by atoms with van der Waals surface area (Å²) in [6.07, 6.45) is 4.43. The van der Waals surface area contributed by atoms with Gasteiger partial charge in [-0.25, -0.2) is 0 Å². The minimum absolute atomic E-state index is 0.0335. The van der Waals surface area contributed by atoms with Crippen molar-refractivity contribution in [3.63, 3.8) is 0 Å². The molecule has 0 saturated carbocycles. The van der Waals surface area contributed by atoms with E-state index in [1.807, 2.05) is 29.2 Å². The number of piperidine rings is 1. The van der Waals surface area contributed by atoms with Crippen LogP contribution in [-0.2, 0) is 0 Å². The van der Waals surface area contributed by atoms with Crippen LogP contribution in [0.3, 0.4) is 0 Å². The second kappa shape index (κ2) is 7.77. The van der Waals surface area contributed by atoms with Gasteiger partial charge in [-0.2, -0.15) is 0 Å². The summed E-state index contributed by atoms with van der Waals surface area (Å²) < 4.78 is 0. The fourth-order valence-electron chi connectivity index (χ4n) is 2.53. The van der Waals surface area contributed by atoms with Gasteiger partial charge in [0.05, 0.1) is 0 Å². The number of nitrogens with one attached hydrogen (secondary N) is 2. The molecular weight excluding hydrogens is 306 g/mol. The Morgan fingerprint density at radius 1 is 1.17 bits per heavy atom. The van der Waals surface area contributed by atoms with Crippen LogP contribution in [0.1, 0.15) is 56.8 Å². The summed E-state index contributed by atoms with van der Waals surface area (Å²) in [5.74, 6) is 0.129. The normalized spacial score (nSPS) is 15.2. The maximum atomic E-state index is 12.4. The monoisotopic (exact) mass is 333 g/mol. The maximum Gasteiger partial charge on any atom is 0.253 e. The lowest BCUT2D eigenvalue weighted by Gasteiger charge is -2.27. The number of likely N-dealkylation sites (tertiary alicyclic amines) is 1. The van der Waals surface area contributed by atoms with E-state index in [1.165, 1.54) is 6.42 Å². The zero-order valence-corrected chi connectivity index (χ0v) is 15.1. The topological polar surface area (TPSA) is 44.4 Å². The fourth-order valence-corrected chi connectivity index (χ4v) is 2.93. The van der Waals surface area contributed by atoms with Crippen LogP contribution in [0.5, 0.6) is 0 Å². The van der Waals surface area contributed by atoms with Crippen molar-refractivity contribution in [3.05, 3.63) is 29.8 Å². The van der Waals surface area contributed by atoms with Gasteiger partial charge in [0.25, 0.3) is 5.91 Å². The van der Waals surface area contributed by atoms with Gasteiger partial charge in [-0.15, -0.1) is 0 Å². The first-order valence-electron chi connectivity index (χ1n) is 8.40. The van der Waals surface area contributed by atoms with E-state index >= 15 is 0 Å². The molecule has 0 aliphatic carbocycles. The van der Waals surface area contributed by atoms with Crippen LogP contribution < -0.4 is 10.6 Å². The molecule has 23 heavy (non-hydrogen) atoms. The van der Waals surface area contributed by atoms with E-state index in [-0.39, 0.29) is 11.4 Å². The summed E-state index contributed by atoms with van der Waals surface area (Å²) in [4.78, 5) is 14.4. The van der Waals surface area contributed by atoms with Gasteiger partial charge < -0.3 is 15.5 Å². The molecule has 0 radical (unpaired) electrons. The molecule has 1 aliphatic rings. The molecule has 4 nitrogen and oxygen atoms in total. The van der Waals surface area contributed by atoms with Crippen LogP contribution in [0, 0.1) is 0 Å². The molecule has 1 heterocycles. The van der Waals surface area contributed by atoms with E-state index in [9.17, 15) is 4.79 Å². The first-order chi connectivity index (χ1) is 10.9. The number of nitrogens with zero attached hydrogens (tertiary/aromatic N) is 1. The number of carbonyl (C=O) groups is 1. The van der Waals surface area contributed by atoms with Crippen molar-refractivity contribution in [1.29, 1.82) is 0 Å². The van der Waals surface area contributed by atoms with Crippen molar-refractivity contribution in [2.75, 3.05) is 18.4 Å². The summed E-state index contributed by atoms with van der Waals surface area (Å²) in [6, 6.07) is 7.55. The van der Waals surface area contributed by atoms with Gasteiger partial charge in [0.1, 0.15) is 0 Å². The molecule has 1 fully saturated rings. The summed E-state index contributed by atoms with van der Waals surface area (Å²) in [6.45, 7) is 8.09. The predicted octanol–water partition coefficient (Wildman–Crippen LogP) is 3.79. The zero-order chi connectivity index (χ0) is 16.9. The number of hydrogen-bond acceptors (Lipinski definition) is 2. The number of hydrogen-bond donors (Lipinski definition) is 2. The average Bonchev–Trinajstić information content (AvgIpc) is 2.55. The average molecular weight is 334 g/mol. The lowest BCUT2D eigenvalue weighted by molar-refractivity contribution is 0.0724. The highest BCUT2D eigenvalue weighted by Crippen LogP contribution is 2.16. The standard InChI is InChI=1S/C18H27N3OS/c1-4-18(2,3)20-17(23)19-15-10-8-14(9-11-15)16(22)21-12-6-5-7-13-21/h8-11H,4-7,12-13H2,1-3H3,(H2,19,20,23). The van der Waals surface area contributed by atoms with Gasteiger partial charge in [0.15, 0.2) is 5.11 Å². The highest BCUT2D eigenvalue weighted by molar-refractivity contribution is 7.80. The molecule has 1 aromatic rings. The predicted molar refractivity (Wildman–Crippen MR) is 99.9 cm³/mol. The molecule has 1 aromatic carbocycles. The molecule has 2 N–H and O–H groups in total. The van der Waals surface area contributed by atoms with Crippen LogP contribution in [0.4, 0.5) is 5.69 Å². The zero-order valence-electron chi connectivity index (χ0n) is 14.3. The molecule has 1 aliphatic heterocycles. The second-order valence-corrected chi connectivity index (χ2v) is 7.16. The molecule has 0 bridgehead atoms. The summed E-state index contributed by atoms with van der Waals surface area (Å²) in [5.41, 5.74) is 1.60. The van der Waals surface area contributed by atoms with Gasteiger partial charge in [0, 0.05) is 29.9 Å². The van der Waals surface area contributed by atoms with Crippen molar-refractivity contribution in [2.24, 2.45) is 0 Å². The van der Waals surface area contributed by atoms with E-state index in [4.69, 9.17) is 12.2 Å². The third-order valence-electron chi connectivity index (χ3n) is 4.37. The Balaban J connectivity index is 1.94. The van der Waals surface area contributed by atoms with Crippen molar-refractivity contribution < 1.29 is 4.79 Å². The van der Waals surface area contributed by atoms with E-state index in [2.05, 4.69) is 31.4 Å². The van der Waals surface area contributed by atoms with Crippen LogP contribution in [0.15, 0.2) is 24.3 Å². The SMILES string of the molecule is CCC(C)(C)NC(=S)Nc1ccc(C(=O)N2CCCCC2)cc1. The number of carbonyl (C=O) groups excluding carboxylic acids is 1. The Hall–Kier alpha value is -1.62. The molecule has 1 saturated heterocycles. The third kappa shape index (κ3) is 5.20. The van der Waals surface area contributed by atoms with E-state index in [0.717, 1.165) is 43.6 Å². The largest absolute Gasteiger partial charge is 0.358 e. The van der Waals surface area contributed by atoms with Crippen molar-refractivity contribution >= 4 is 28.9 Å². The van der Waals surface area contributed by atoms with Crippen molar-refractivity contribution in [3.8, 4) is 0 Å². The van der Waals surface area contributed by atoms with Gasteiger partial charge in [0.2, 0.25) is 0 Å². The molecule has 0 aromatic heterocycles. The molecular formula is C18H27N3OS. The fraction of sp³-hybridized carbons (Fsp3) is 0.556. The van der Waals surface area contributed by atoms with E-state index < -0.39 is 0 Å². The Bertz CT molecular complexity index is 548. The molecule has 2 rings (SSSR count). The van der Waals surface area contributed by atoms with Crippen molar-refractivity contribution in [1.82, 2.24) is 10.2 Å². The summed E-state index contributed by atoms with van der Waals surface area (Å²) in [7, 11) is 0. The smallest absolute Gasteiger partial charge is 0.253 e. The lowest BCUT2D eigenvalue weighted by Crippen LogP contribution is -2.44. The van der Waals surface area contributed by atoms with Crippen LogP contribution >= 0.6 is 12.2 Å². The van der Waals surface area contributed by atoms with Gasteiger partial charge >= 0.3 is 0 Å². The minimum Gasteiger partial charge on any atom is -0.358 e. The lowest BCUT2D eigenvalue weighted by atomic mass is 10.0. The van der Waals surface area contributed by atoms with Crippen LogP contribution in [-0.4, -0.2) is 34.5 Å². The number of thiocarbonyl (C=S) groups is 1. The first-order valence-corrected chi connectivity index (χ1v) is 8.80. The minimum atomic E-state index is -0.0335. The molecule has 0 atom stereocenters. The maximum absolute atomic E-state index is 12.4. The van der Waals surface area contributed by atoms with Crippen LogP contribution in [0.25, 0.3) is 0 Å². The van der Waals surface area contributed by atoms with Crippen LogP contribution in [0.2, 0.25) is 0 Å². The highest BCUT2D eigenvalue weighted by Gasteiger charge is 2.18. The second-order valence-electron chi connectivity index (χ2n) is 6.75. The molecule has 0 spiro atoms. The summed E-state index contributed by atoms with van der Waals surface area (Å²) >= 11 is 5.34. The first kappa shape index (κ1) is 17.7. The number of rotatable bonds is 4. The Kier molecular flexibility index (Phi) is 5.99. The Labute approximate surface area is 144 Å². The molecule has 0 unspecified atom stereocenters. The van der Waals surface area contributed by atoms with Gasteiger partial charge in [-0.3, -0.25) is 4.79 Å². The quantitative estimate of drug-likeness (QED) is 0.823. The van der Waals surface area contributed by atoms with E-state index in [0.29, 0.717) is 5.11 Å². The Morgan fingerprint density at radius 2 is 1.78 bits per heavy atom. The third-order valence-corrected chi connectivity index (χ3v) is 4.57. The number of anilines is 1. The number of benzene rings is 1. The molecule has 5 heteroatoms. The molecule has 1 amide bonds. The summed E-state index contributed by atoms with van der Waals surface area (Å²) in [5, 5.41) is 7.07. The van der Waals surface area contributed by atoms with Gasteiger partial charge in [-0.05, 0) is 76.0 Å².